The van der Waals surface area contributed by atoms with Gasteiger partial charge in [0.1, 0.15) is 0 Å². The topological polar surface area (TPSA) is 0 Å². The minimum absolute atomic E-state index is 1.09. The van der Waals surface area contributed by atoms with Gasteiger partial charge in [0.2, 0.25) is 0 Å². The molecule has 2 aromatic carbocycles. The van der Waals surface area contributed by atoms with E-state index >= 15 is 0 Å². The molecule has 0 amide bonds. The number of hydrogen-bond donors (Lipinski definition) is 0. The lowest BCUT2D eigenvalue weighted by Gasteiger charge is -2.11. The smallest absolute Gasteiger partial charge is 0.0792 e. The van der Waals surface area contributed by atoms with Crippen molar-refractivity contribution in [1.29, 1.82) is 0 Å². The molecule has 0 heterocycles. The van der Waals surface area contributed by atoms with Crippen LogP contribution in [0.1, 0.15) is 16.7 Å². The molecule has 0 saturated heterocycles. The first kappa shape index (κ1) is 13.9. The van der Waals surface area contributed by atoms with Gasteiger partial charge in [-0.05, 0) is 26.8 Å². The van der Waals surface area contributed by atoms with E-state index in [9.17, 15) is 0 Å². The lowest BCUT2D eigenvalue weighted by atomic mass is 9.61. The van der Waals surface area contributed by atoms with Gasteiger partial charge in [-0.3, -0.25) is 0 Å². The molecule has 0 aliphatic heterocycles. The fourth-order valence-electron chi connectivity index (χ4n) is 2.24. The highest BCUT2D eigenvalue weighted by Gasteiger charge is 2.08. The van der Waals surface area contributed by atoms with Gasteiger partial charge >= 0.3 is 0 Å². The first-order valence-electron chi connectivity index (χ1n) is 5.84. The van der Waals surface area contributed by atoms with E-state index in [1.165, 1.54) is 27.6 Å². The standard InChI is InChI=1S/C15H14BBr2/c1-9-4-10(2)15(11(3)5-9)16-12-6-13(17)8-14(18)7-12/h4-8H,1-3H3. The van der Waals surface area contributed by atoms with E-state index in [1.54, 1.807) is 0 Å². The molecule has 2 aromatic rings. The Morgan fingerprint density at radius 1 is 0.778 bits per heavy atom. The van der Waals surface area contributed by atoms with E-state index in [2.05, 4.69) is 84.2 Å². The molecule has 0 saturated carbocycles. The SMILES string of the molecule is Cc1cc(C)c([B]c2cc(Br)cc(Br)c2)c(C)c1. The minimum Gasteiger partial charge on any atom is -0.0792 e. The molecule has 3 heteroatoms. The maximum Gasteiger partial charge on any atom is 0.192 e. The number of hydrogen-bond acceptors (Lipinski definition) is 0. The Labute approximate surface area is 126 Å². The summed E-state index contributed by atoms with van der Waals surface area (Å²) >= 11 is 7.05. The van der Waals surface area contributed by atoms with Crippen molar-refractivity contribution in [2.45, 2.75) is 20.8 Å². The molecule has 0 aliphatic rings. The summed E-state index contributed by atoms with van der Waals surface area (Å²) in [5.41, 5.74) is 6.47. The summed E-state index contributed by atoms with van der Waals surface area (Å²) in [6.07, 6.45) is 0. The highest BCUT2D eigenvalue weighted by atomic mass is 79.9. The minimum atomic E-state index is 1.09. The van der Waals surface area contributed by atoms with Gasteiger partial charge in [0.15, 0.2) is 7.28 Å². The number of halogens is 2. The predicted molar refractivity (Wildman–Crippen MR) is 87.5 cm³/mol. The third-order valence-electron chi connectivity index (χ3n) is 2.93. The molecule has 0 aromatic heterocycles. The first-order chi connectivity index (χ1) is 8.45. The van der Waals surface area contributed by atoms with Crippen LogP contribution in [0.4, 0.5) is 0 Å². The third kappa shape index (κ3) is 3.27. The molecule has 2 rings (SSSR count). The molecule has 0 N–H and O–H groups in total. The van der Waals surface area contributed by atoms with E-state index in [1.807, 2.05) is 6.07 Å². The summed E-state index contributed by atoms with van der Waals surface area (Å²) in [5, 5.41) is 0. The van der Waals surface area contributed by atoms with Gasteiger partial charge in [-0.15, -0.1) is 0 Å². The fraction of sp³-hybridized carbons (Fsp3) is 0.200. The van der Waals surface area contributed by atoms with E-state index < -0.39 is 0 Å². The van der Waals surface area contributed by atoms with Crippen LogP contribution in [-0.2, 0) is 0 Å². The van der Waals surface area contributed by atoms with E-state index in [0.29, 0.717) is 0 Å². The average Bonchev–Trinajstić information content (AvgIpc) is 2.22. The van der Waals surface area contributed by atoms with E-state index in [0.717, 1.165) is 8.95 Å². The third-order valence-corrected chi connectivity index (χ3v) is 3.85. The van der Waals surface area contributed by atoms with Crippen molar-refractivity contribution in [2.75, 3.05) is 0 Å². The van der Waals surface area contributed by atoms with Crippen molar-refractivity contribution in [3.63, 3.8) is 0 Å². The number of benzene rings is 2. The van der Waals surface area contributed by atoms with Crippen molar-refractivity contribution >= 4 is 50.1 Å². The Morgan fingerprint density at radius 2 is 1.28 bits per heavy atom. The van der Waals surface area contributed by atoms with Gasteiger partial charge in [-0.2, -0.15) is 0 Å². The van der Waals surface area contributed by atoms with Gasteiger partial charge in [0, 0.05) is 8.95 Å². The summed E-state index contributed by atoms with van der Waals surface area (Å²) in [7, 11) is 2.24. The quantitative estimate of drug-likeness (QED) is 0.711. The lowest BCUT2D eigenvalue weighted by Crippen LogP contribution is -2.31. The largest absolute Gasteiger partial charge is 0.192 e. The molecule has 91 valence electrons. The second-order valence-electron chi connectivity index (χ2n) is 4.66. The van der Waals surface area contributed by atoms with Crippen molar-refractivity contribution in [2.24, 2.45) is 0 Å². The molecule has 0 bridgehead atoms. The monoisotopic (exact) mass is 363 g/mol. The van der Waals surface area contributed by atoms with Gasteiger partial charge in [-0.1, -0.05) is 83.7 Å². The summed E-state index contributed by atoms with van der Waals surface area (Å²) in [5.74, 6) is 0. The van der Waals surface area contributed by atoms with Crippen molar-refractivity contribution in [3.8, 4) is 0 Å². The molecular weight excluding hydrogens is 351 g/mol. The van der Waals surface area contributed by atoms with Gasteiger partial charge in [0.25, 0.3) is 0 Å². The predicted octanol–water partition coefficient (Wildman–Crippen LogP) is 3.79. The fourth-order valence-corrected chi connectivity index (χ4v) is 3.57. The molecule has 0 atom stereocenters. The van der Waals surface area contributed by atoms with Gasteiger partial charge in [-0.25, -0.2) is 0 Å². The Hall–Kier alpha value is -0.535. The summed E-state index contributed by atoms with van der Waals surface area (Å²) < 4.78 is 2.18. The zero-order valence-corrected chi connectivity index (χ0v) is 13.9. The Bertz CT molecular complexity index is 548. The lowest BCUT2D eigenvalue weighted by molar-refractivity contribution is 1.35. The molecule has 1 radical (unpaired) electrons. The molecule has 0 fully saturated rings. The van der Waals surface area contributed by atoms with Crippen LogP contribution in [0.15, 0.2) is 39.3 Å². The second kappa shape index (κ2) is 5.62. The van der Waals surface area contributed by atoms with Gasteiger partial charge in [0.05, 0.1) is 0 Å². The van der Waals surface area contributed by atoms with Crippen LogP contribution in [0.2, 0.25) is 0 Å². The van der Waals surface area contributed by atoms with Crippen LogP contribution in [0, 0.1) is 20.8 Å². The van der Waals surface area contributed by atoms with Crippen molar-refractivity contribution < 1.29 is 0 Å². The van der Waals surface area contributed by atoms with Crippen LogP contribution >= 0.6 is 31.9 Å². The zero-order valence-electron chi connectivity index (χ0n) is 10.7. The normalized spacial score (nSPS) is 10.5. The molecule has 18 heavy (non-hydrogen) atoms. The maximum absolute atomic E-state index is 3.52. The van der Waals surface area contributed by atoms with E-state index in [4.69, 9.17) is 0 Å². The van der Waals surface area contributed by atoms with Crippen molar-refractivity contribution in [1.82, 2.24) is 0 Å². The second-order valence-corrected chi connectivity index (χ2v) is 6.49. The van der Waals surface area contributed by atoms with Crippen LogP contribution in [0.3, 0.4) is 0 Å². The van der Waals surface area contributed by atoms with Crippen LogP contribution in [0.5, 0.6) is 0 Å². The highest BCUT2D eigenvalue weighted by Crippen LogP contribution is 2.15. The summed E-state index contributed by atoms with van der Waals surface area (Å²) in [4.78, 5) is 0. The van der Waals surface area contributed by atoms with Crippen LogP contribution < -0.4 is 10.9 Å². The van der Waals surface area contributed by atoms with Gasteiger partial charge < -0.3 is 0 Å². The summed E-state index contributed by atoms with van der Waals surface area (Å²) in [6.45, 7) is 6.47. The average molecular weight is 365 g/mol. The molecule has 0 spiro atoms. The number of rotatable bonds is 2. The highest BCUT2D eigenvalue weighted by molar-refractivity contribution is 9.11. The first-order valence-corrected chi connectivity index (χ1v) is 7.43. The Balaban J connectivity index is 2.40. The van der Waals surface area contributed by atoms with Crippen molar-refractivity contribution in [3.05, 3.63) is 56.0 Å². The van der Waals surface area contributed by atoms with E-state index in [-0.39, 0.29) is 0 Å². The zero-order chi connectivity index (χ0) is 13.3. The van der Waals surface area contributed by atoms with Crippen LogP contribution in [-0.4, -0.2) is 7.28 Å². The molecular formula is C15H14BBr2. The molecule has 0 unspecified atom stereocenters. The molecule has 0 nitrogen and oxygen atoms in total. The Kier molecular flexibility index (Phi) is 4.34. The number of aryl methyl sites for hydroxylation is 3. The summed E-state index contributed by atoms with van der Waals surface area (Å²) in [6, 6.07) is 10.8. The van der Waals surface area contributed by atoms with Crippen LogP contribution in [0.25, 0.3) is 0 Å². The maximum atomic E-state index is 3.52. The molecule has 0 aliphatic carbocycles. The Morgan fingerprint density at radius 3 is 1.78 bits per heavy atom.